The predicted octanol–water partition coefficient (Wildman–Crippen LogP) is 3.13. The van der Waals surface area contributed by atoms with Crippen molar-refractivity contribution in [3.63, 3.8) is 0 Å². The second-order valence-corrected chi connectivity index (χ2v) is 5.80. The lowest BCUT2D eigenvalue weighted by Gasteiger charge is -2.15. The van der Waals surface area contributed by atoms with E-state index in [4.69, 9.17) is 16.9 Å². The lowest BCUT2D eigenvalue weighted by atomic mass is 10.2. The molecule has 0 bridgehead atoms. The van der Waals surface area contributed by atoms with Crippen molar-refractivity contribution in [1.82, 2.24) is 14.5 Å². The molecule has 0 spiro atoms. The van der Waals surface area contributed by atoms with Crippen molar-refractivity contribution in [1.29, 1.82) is 5.26 Å². The summed E-state index contributed by atoms with van der Waals surface area (Å²) in [6.45, 7) is 4.49. The fourth-order valence-electron chi connectivity index (χ4n) is 3.05. The standard InChI is InChI=1S/C16H19ClN4/c17-11-16-19-14-5-4-13(12-18)10-15(14)21(16)9-3-8-20-6-1-2-7-20/h4-5,10H,1-3,6-9,11H2. The van der Waals surface area contributed by atoms with Crippen LogP contribution in [0.3, 0.4) is 0 Å². The van der Waals surface area contributed by atoms with E-state index in [0.29, 0.717) is 11.4 Å². The van der Waals surface area contributed by atoms with Gasteiger partial charge in [0, 0.05) is 6.54 Å². The van der Waals surface area contributed by atoms with E-state index >= 15 is 0 Å². The summed E-state index contributed by atoms with van der Waals surface area (Å²) >= 11 is 6.02. The molecule has 1 aromatic carbocycles. The summed E-state index contributed by atoms with van der Waals surface area (Å²) in [5, 5.41) is 9.06. The maximum atomic E-state index is 9.06. The predicted molar refractivity (Wildman–Crippen MR) is 84.3 cm³/mol. The van der Waals surface area contributed by atoms with Gasteiger partial charge in [-0.25, -0.2) is 4.98 Å². The molecular weight excluding hydrogens is 284 g/mol. The van der Waals surface area contributed by atoms with Gasteiger partial charge in [0.2, 0.25) is 0 Å². The van der Waals surface area contributed by atoms with Gasteiger partial charge in [-0.05, 0) is 57.1 Å². The van der Waals surface area contributed by atoms with Gasteiger partial charge >= 0.3 is 0 Å². The number of nitriles is 1. The molecule has 1 aliphatic heterocycles. The van der Waals surface area contributed by atoms with Gasteiger partial charge in [0.1, 0.15) is 5.82 Å². The molecule has 2 aromatic rings. The van der Waals surface area contributed by atoms with Crippen molar-refractivity contribution in [2.45, 2.75) is 31.7 Å². The maximum absolute atomic E-state index is 9.06. The van der Waals surface area contributed by atoms with E-state index in [1.165, 1.54) is 25.9 Å². The van der Waals surface area contributed by atoms with Crippen LogP contribution in [-0.4, -0.2) is 34.1 Å². The van der Waals surface area contributed by atoms with Crippen LogP contribution in [0, 0.1) is 11.3 Å². The number of rotatable bonds is 5. The number of fused-ring (bicyclic) bond motifs is 1. The number of aromatic nitrogens is 2. The van der Waals surface area contributed by atoms with Crippen molar-refractivity contribution in [2.24, 2.45) is 0 Å². The van der Waals surface area contributed by atoms with Crippen molar-refractivity contribution >= 4 is 22.6 Å². The summed E-state index contributed by atoms with van der Waals surface area (Å²) in [6.07, 6.45) is 3.74. The Bertz CT molecular complexity index is 665. The number of benzene rings is 1. The van der Waals surface area contributed by atoms with Gasteiger partial charge < -0.3 is 9.47 Å². The van der Waals surface area contributed by atoms with Crippen LogP contribution >= 0.6 is 11.6 Å². The number of halogens is 1. The van der Waals surface area contributed by atoms with Crippen LogP contribution in [0.1, 0.15) is 30.7 Å². The lowest BCUT2D eigenvalue weighted by Crippen LogP contribution is -2.21. The molecule has 21 heavy (non-hydrogen) atoms. The SMILES string of the molecule is N#Cc1ccc2nc(CCl)n(CCCN3CCCC3)c2c1. The first-order valence-corrected chi connectivity index (χ1v) is 8.03. The van der Waals surface area contributed by atoms with E-state index in [1.807, 2.05) is 18.2 Å². The molecule has 0 saturated carbocycles. The minimum atomic E-state index is 0.403. The summed E-state index contributed by atoms with van der Waals surface area (Å²) in [4.78, 5) is 7.08. The van der Waals surface area contributed by atoms with E-state index < -0.39 is 0 Å². The largest absolute Gasteiger partial charge is 0.327 e. The Morgan fingerprint density at radius 1 is 1.24 bits per heavy atom. The van der Waals surface area contributed by atoms with Crippen LogP contribution in [0.25, 0.3) is 11.0 Å². The second-order valence-electron chi connectivity index (χ2n) is 5.53. The first-order chi connectivity index (χ1) is 10.3. The zero-order chi connectivity index (χ0) is 14.7. The van der Waals surface area contributed by atoms with E-state index in [-0.39, 0.29) is 0 Å². The molecule has 110 valence electrons. The molecule has 0 unspecified atom stereocenters. The molecule has 0 amide bonds. The molecular formula is C16H19ClN4. The summed E-state index contributed by atoms with van der Waals surface area (Å²) < 4.78 is 2.17. The molecule has 3 rings (SSSR count). The van der Waals surface area contributed by atoms with Crippen LogP contribution in [-0.2, 0) is 12.4 Å². The quantitative estimate of drug-likeness (QED) is 0.797. The summed E-state index contributed by atoms with van der Waals surface area (Å²) in [5.41, 5.74) is 2.61. The highest BCUT2D eigenvalue weighted by Gasteiger charge is 2.13. The first-order valence-electron chi connectivity index (χ1n) is 7.49. The molecule has 1 fully saturated rings. The molecule has 5 heteroatoms. The molecule has 4 nitrogen and oxygen atoms in total. The highest BCUT2D eigenvalue weighted by molar-refractivity contribution is 6.16. The Hall–Kier alpha value is -1.57. The number of aryl methyl sites for hydroxylation is 1. The van der Waals surface area contributed by atoms with Gasteiger partial charge in [0.25, 0.3) is 0 Å². The van der Waals surface area contributed by atoms with Gasteiger partial charge in [-0.3, -0.25) is 0 Å². The van der Waals surface area contributed by atoms with Crippen molar-refractivity contribution in [3.8, 4) is 6.07 Å². The van der Waals surface area contributed by atoms with Gasteiger partial charge in [-0.1, -0.05) is 0 Å². The van der Waals surface area contributed by atoms with Crippen LogP contribution in [0.2, 0.25) is 0 Å². The first kappa shape index (κ1) is 14.4. The number of imidazole rings is 1. The molecule has 0 aliphatic carbocycles. The third-order valence-electron chi connectivity index (χ3n) is 4.13. The zero-order valence-corrected chi connectivity index (χ0v) is 12.8. The minimum absolute atomic E-state index is 0.403. The highest BCUT2D eigenvalue weighted by atomic mass is 35.5. The van der Waals surface area contributed by atoms with Crippen molar-refractivity contribution < 1.29 is 0 Å². The Balaban J connectivity index is 1.79. The van der Waals surface area contributed by atoms with Crippen LogP contribution in [0.4, 0.5) is 0 Å². The molecule has 0 atom stereocenters. The normalized spacial score (nSPS) is 15.6. The maximum Gasteiger partial charge on any atom is 0.124 e. The number of nitrogens with zero attached hydrogens (tertiary/aromatic N) is 4. The Morgan fingerprint density at radius 2 is 2.05 bits per heavy atom. The number of hydrogen-bond acceptors (Lipinski definition) is 3. The molecule has 0 N–H and O–H groups in total. The zero-order valence-electron chi connectivity index (χ0n) is 12.1. The third kappa shape index (κ3) is 3.04. The molecule has 1 aliphatic rings. The average Bonchev–Trinajstić information content (AvgIpc) is 3.14. The fraction of sp³-hybridized carbons (Fsp3) is 0.500. The summed E-state index contributed by atoms with van der Waals surface area (Å²) in [6, 6.07) is 7.81. The van der Waals surface area contributed by atoms with E-state index in [0.717, 1.165) is 36.4 Å². The molecule has 2 heterocycles. The monoisotopic (exact) mass is 302 g/mol. The van der Waals surface area contributed by atoms with Gasteiger partial charge in [0.15, 0.2) is 0 Å². The summed E-state index contributed by atoms with van der Waals surface area (Å²) in [7, 11) is 0. The Morgan fingerprint density at radius 3 is 2.76 bits per heavy atom. The number of hydrogen-bond donors (Lipinski definition) is 0. The van der Waals surface area contributed by atoms with E-state index in [1.54, 1.807) is 0 Å². The van der Waals surface area contributed by atoms with E-state index in [9.17, 15) is 0 Å². The lowest BCUT2D eigenvalue weighted by molar-refractivity contribution is 0.325. The molecule has 1 saturated heterocycles. The van der Waals surface area contributed by atoms with Crippen LogP contribution < -0.4 is 0 Å². The smallest absolute Gasteiger partial charge is 0.124 e. The van der Waals surface area contributed by atoms with Crippen LogP contribution in [0.5, 0.6) is 0 Å². The Labute approximate surface area is 129 Å². The minimum Gasteiger partial charge on any atom is -0.327 e. The highest BCUT2D eigenvalue weighted by Crippen LogP contribution is 2.20. The van der Waals surface area contributed by atoms with Gasteiger partial charge in [-0.15, -0.1) is 11.6 Å². The summed E-state index contributed by atoms with van der Waals surface area (Å²) in [5.74, 6) is 1.29. The van der Waals surface area contributed by atoms with Crippen LogP contribution in [0.15, 0.2) is 18.2 Å². The molecule has 1 aromatic heterocycles. The van der Waals surface area contributed by atoms with Crippen molar-refractivity contribution in [2.75, 3.05) is 19.6 Å². The third-order valence-corrected chi connectivity index (χ3v) is 4.37. The fourth-order valence-corrected chi connectivity index (χ4v) is 3.26. The molecule has 0 radical (unpaired) electrons. The Kier molecular flexibility index (Phi) is 4.42. The van der Waals surface area contributed by atoms with Crippen molar-refractivity contribution in [3.05, 3.63) is 29.6 Å². The topological polar surface area (TPSA) is 44.9 Å². The van der Waals surface area contributed by atoms with Gasteiger partial charge in [-0.2, -0.15) is 5.26 Å². The van der Waals surface area contributed by atoms with E-state index in [2.05, 4.69) is 20.5 Å². The average molecular weight is 303 g/mol. The number of alkyl halides is 1. The number of likely N-dealkylation sites (tertiary alicyclic amines) is 1. The van der Waals surface area contributed by atoms with Gasteiger partial charge in [0.05, 0.1) is 28.5 Å². The second kappa shape index (κ2) is 6.46.